The highest BCUT2D eigenvalue weighted by Gasteiger charge is 2.17. The number of rotatable bonds is 6. The molecule has 5 nitrogen and oxygen atoms in total. The standard InChI is InChI=1S/C7H14O5/c8-3-1-2-5(9)4-6(10)7(11)12/h5-6,8-10H,1-4H2,(H,11,12). The van der Waals surface area contributed by atoms with Crippen LogP contribution in [0.15, 0.2) is 0 Å². The summed E-state index contributed by atoms with van der Waals surface area (Å²) in [6.45, 7) is -0.0414. The Bertz CT molecular complexity index is 136. The minimum atomic E-state index is -1.52. The molecule has 12 heavy (non-hydrogen) atoms. The zero-order chi connectivity index (χ0) is 9.56. The second-order valence-corrected chi connectivity index (χ2v) is 2.61. The Morgan fingerprint density at radius 3 is 2.33 bits per heavy atom. The smallest absolute Gasteiger partial charge is 0.332 e. The van der Waals surface area contributed by atoms with Gasteiger partial charge in [-0.2, -0.15) is 0 Å². The van der Waals surface area contributed by atoms with E-state index in [4.69, 9.17) is 20.4 Å². The lowest BCUT2D eigenvalue weighted by Crippen LogP contribution is -2.25. The van der Waals surface area contributed by atoms with Crippen LogP contribution in [0.1, 0.15) is 19.3 Å². The van der Waals surface area contributed by atoms with Crippen molar-refractivity contribution in [1.82, 2.24) is 0 Å². The van der Waals surface area contributed by atoms with Crippen LogP contribution in [0.2, 0.25) is 0 Å². The van der Waals surface area contributed by atoms with Crippen molar-refractivity contribution >= 4 is 5.97 Å². The van der Waals surface area contributed by atoms with E-state index in [0.717, 1.165) is 0 Å². The van der Waals surface area contributed by atoms with Crippen LogP contribution in [0, 0.1) is 0 Å². The number of aliphatic hydroxyl groups excluding tert-OH is 3. The van der Waals surface area contributed by atoms with E-state index >= 15 is 0 Å². The highest BCUT2D eigenvalue weighted by Crippen LogP contribution is 2.04. The van der Waals surface area contributed by atoms with Gasteiger partial charge >= 0.3 is 5.97 Å². The summed E-state index contributed by atoms with van der Waals surface area (Å²) in [5.41, 5.74) is 0. The molecule has 0 rings (SSSR count). The Labute approximate surface area is 70.3 Å². The summed E-state index contributed by atoms with van der Waals surface area (Å²) < 4.78 is 0. The van der Waals surface area contributed by atoms with E-state index in [-0.39, 0.29) is 13.0 Å². The largest absolute Gasteiger partial charge is 0.479 e. The third kappa shape index (κ3) is 5.06. The SMILES string of the molecule is O=C(O)C(O)CC(O)CCCO. The van der Waals surface area contributed by atoms with Crippen molar-refractivity contribution in [2.45, 2.75) is 31.5 Å². The van der Waals surface area contributed by atoms with Gasteiger partial charge in [0.1, 0.15) is 0 Å². The summed E-state index contributed by atoms with van der Waals surface area (Å²) >= 11 is 0. The van der Waals surface area contributed by atoms with E-state index < -0.39 is 18.2 Å². The van der Waals surface area contributed by atoms with Crippen LogP contribution in [0.25, 0.3) is 0 Å². The van der Waals surface area contributed by atoms with Crippen molar-refractivity contribution in [3.63, 3.8) is 0 Å². The number of hydrogen-bond donors (Lipinski definition) is 4. The molecule has 5 heteroatoms. The molecule has 0 heterocycles. The molecule has 0 aliphatic carbocycles. The number of aliphatic carboxylic acids is 1. The second kappa shape index (κ2) is 5.93. The van der Waals surface area contributed by atoms with Gasteiger partial charge in [0.25, 0.3) is 0 Å². The van der Waals surface area contributed by atoms with Gasteiger partial charge in [-0.25, -0.2) is 4.79 Å². The Kier molecular flexibility index (Phi) is 5.61. The Morgan fingerprint density at radius 1 is 1.33 bits per heavy atom. The predicted molar refractivity (Wildman–Crippen MR) is 40.6 cm³/mol. The Hall–Kier alpha value is -0.650. The third-order valence-electron chi connectivity index (χ3n) is 1.48. The fourth-order valence-electron chi connectivity index (χ4n) is 0.803. The lowest BCUT2D eigenvalue weighted by atomic mass is 10.1. The van der Waals surface area contributed by atoms with E-state index in [1.54, 1.807) is 0 Å². The molecule has 0 aliphatic rings. The minimum Gasteiger partial charge on any atom is -0.479 e. The van der Waals surface area contributed by atoms with Gasteiger partial charge in [0.2, 0.25) is 0 Å². The number of carboxylic acids is 1. The van der Waals surface area contributed by atoms with Crippen LogP contribution in [0.4, 0.5) is 0 Å². The van der Waals surface area contributed by atoms with E-state index in [1.807, 2.05) is 0 Å². The van der Waals surface area contributed by atoms with Crippen LogP contribution in [-0.2, 0) is 4.79 Å². The van der Waals surface area contributed by atoms with Crippen molar-refractivity contribution in [1.29, 1.82) is 0 Å². The van der Waals surface area contributed by atoms with Gasteiger partial charge in [0.15, 0.2) is 6.10 Å². The molecule has 0 fully saturated rings. The van der Waals surface area contributed by atoms with Gasteiger partial charge in [0.05, 0.1) is 6.10 Å². The van der Waals surface area contributed by atoms with Gasteiger partial charge in [-0.3, -0.25) is 0 Å². The molecule has 0 bridgehead atoms. The molecule has 4 N–H and O–H groups in total. The van der Waals surface area contributed by atoms with E-state index in [2.05, 4.69) is 0 Å². The van der Waals surface area contributed by atoms with Crippen LogP contribution < -0.4 is 0 Å². The minimum absolute atomic E-state index is 0.0414. The fourth-order valence-corrected chi connectivity index (χ4v) is 0.803. The summed E-state index contributed by atoms with van der Waals surface area (Å²) in [5.74, 6) is -1.34. The number of carbonyl (C=O) groups is 1. The van der Waals surface area contributed by atoms with E-state index in [1.165, 1.54) is 0 Å². The summed E-state index contributed by atoms with van der Waals surface area (Å²) in [5, 5.41) is 34.5. The van der Waals surface area contributed by atoms with Crippen molar-refractivity contribution in [2.24, 2.45) is 0 Å². The molecule has 0 aliphatic heterocycles. The summed E-state index contributed by atoms with van der Waals surface area (Å²) in [6.07, 6.45) is -1.84. The van der Waals surface area contributed by atoms with Gasteiger partial charge in [0, 0.05) is 13.0 Å². The maximum Gasteiger partial charge on any atom is 0.332 e. The van der Waals surface area contributed by atoms with E-state index in [9.17, 15) is 4.79 Å². The predicted octanol–water partition coefficient (Wildman–Crippen LogP) is -1.04. The second-order valence-electron chi connectivity index (χ2n) is 2.61. The first kappa shape index (κ1) is 11.4. The molecule has 0 aromatic heterocycles. The summed E-state index contributed by atoms with van der Waals surface area (Å²) in [4.78, 5) is 10.1. The summed E-state index contributed by atoms with van der Waals surface area (Å²) in [7, 11) is 0. The molecular formula is C7H14O5. The molecule has 0 spiro atoms. The quantitative estimate of drug-likeness (QED) is 0.416. The zero-order valence-electron chi connectivity index (χ0n) is 6.68. The van der Waals surface area contributed by atoms with Crippen molar-refractivity contribution in [2.75, 3.05) is 6.61 Å². The van der Waals surface area contributed by atoms with Crippen LogP contribution in [0.5, 0.6) is 0 Å². The highest BCUT2D eigenvalue weighted by molar-refractivity contribution is 5.71. The van der Waals surface area contributed by atoms with Gasteiger partial charge < -0.3 is 20.4 Å². The summed E-state index contributed by atoms with van der Waals surface area (Å²) in [6, 6.07) is 0. The van der Waals surface area contributed by atoms with Crippen molar-refractivity contribution < 1.29 is 25.2 Å². The molecular weight excluding hydrogens is 164 g/mol. The normalized spacial score (nSPS) is 15.6. The first-order valence-corrected chi connectivity index (χ1v) is 3.77. The molecule has 0 amide bonds. The molecule has 2 unspecified atom stereocenters. The topological polar surface area (TPSA) is 98.0 Å². The lowest BCUT2D eigenvalue weighted by molar-refractivity contribution is -0.148. The average Bonchev–Trinajstić information content (AvgIpc) is 2.00. The van der Waals surface area contributed by atoms with Gasteiger partial charge in [-0.1, -0.05) is 0 Å². The van der Waals surface area contributed by atoms with E-state index in [0.29, 0.717) is 12.8 Å². The zero-order valence-corrected chi connectivity index (χ0v) is 6.68. The Balaban J connectivity index is 3.53. The molecule has 2 atom stereocenters. The molecule has 0 saturated heterocycles. The number of aliphatic hydroxyl groups is 3. The van der Waals surface area contributed by atoms with Crippen LogP contribution in [0.3, 0.4) is 0 Å². The molecule has 0 aromatic rings. The molecule has 0 radical (unpaired) electrons. The van der Waals surface area contributed by atoms with Crippen molar-refractivity contribution in [3.05, 3.63) is 0 Å². The van der Waals surface area contributed by atoms with Crippen LogP contribution in [-0.4, -0.2) is 45.2 Å². The van der Waals surface area contributed by atoms with Gasteiger partial charge in [-0.15, -0.1) is 0 Å². The average molecular weight is 178 g/mol. The Morgan fingerprint density at radius 2 is 1.92 bits per heavy atom. The maximum atomic E-state index is 10.1. The number of carboxylic acid groups (broad SMARTS) is 1. The number of hydrogen-bond acceptors (Lipinski definition) is 4. The molecule has 0 aromatic carbocycles. The van der Waals surface area contributed by atoms with Crippen molar-refractivity contribution in [3.8, 4) is 0 Å². The van der Waals surface area contributed by atoms with Crippen LogP contribution >= 0.6 is 0 Å². The first-order valence-electron chi connectivity index (χ1n) is 3.77. The first-order chi connectivity index (χ1) is 5.57. The lowest BCUT2D eigenvalue weighted by Gasteiger charge is -2.11. The fraction of sp³-hybridized carbons (Fsp3) is 0.857. The maximum absolute atomic E-state index is 10.1. The third-order valence-corrected chi connectivity index (χ3v) is 1.48. The molecule has 0 saturated carbocycles. The monoisotopic (exact) mass is 178 g/mol. The molecule has 72 valence electrons. The highest BCUT2D eigenvalue weighted by atomic mass is 16.4. The van der Waals surface area contributed by atoms with Gasteiger partial charge in [-0.05, 0) is 12.8 Å².